The van der Waals surface area contributed by atoms with Crippen molar-refractivity contribution < 1.29 is 15.0 Å². The Labute approximate surface area is 132 Å². The molecule has 2 rings (SSSR count). The second-order valence-corrected chi connectivity index (χ2v) is 5.31. The van der Waals surface area contributed by atoms with E-state index < -0.39 is 0 Å². The number of halogens is 2. The molecule has 108 valence electrons. The third kappa shape index (κ3) is 3.38. The van der Waals surface area contributed by atoms with Crippen LogP contribution in [0.4, 0.5) is 0 Å². The van der Waals surface area contributed by atoms with Crippen LogP contribution in [0.2, 0.25) is 10.0 Å². The Morgan fingerprint density at radius 3 is 2.52 bits per heavy atom. The lowest BCUT2D eigenvalue weighted by molar-refractivity contribution is 0.104. The monoisotopic (exact) mass is 322 g/mol. The Bertz CT molecular complexity index is 737. The molecule has 5 heteroatoms. The van der Waals surface area contributed by atoms with Gasteiger partial charge in [-0.05, 0) is 48.9 Å². The lowest BCUT2D eigenvalue weighted by Crippen LogP contribution is -1.96. The van der Waals surface area contributed by atoms with Gasteiger partial charge in [-0.25, -0.2) is 0 Å². The zero-order valence-corrected chi connectivity index (χ0v) is 12.6. The number of carbonyl (C=O) groups is 1. The minimum atomic E-state index is -0.387. The number of phenols is 2. The number of ketones is 1. The molecule has 0 aromatic heterocycles. The van der Waals surface area contributed by atoms with E-state index in [4.69, 9.17) is 23.2 Å². The Kier molecular flexibility index (Phi) is 4.56. The van der Waals surface area contributed by atoms with Crippen LogP contribution in [0.3, 0.4) is 0 Å². The Hall–Kier alpha value is -1.97. The van der Waals surface area contributed by atoms with Gasteiger partial charge >= 0.3 is 0 Å². The second kappa shape index (κ2) is 6.20. The molecule has 2 aromatic carbocycles. The molecule has 0 saturated carbocycles. The number of rotatable bonds is 3. The number of aromatic hydroxyl groups is 2. The van der Waals surface area contributed by atoms with Crippen LogP contribution in [0.15, 0.2) is 36.4 Å². The molecule has 0 fully saturated rings. The summed E-state index contributed by atoms with van der Waals surface area (Å²) in [5.74, 6) is -0.678. The number of phenolic OH excluding ortho intramolecular Hbond substituents is 2. The van der Waals surface area contributed by atoms with Crippen molar-refractivity contribution in [1.29, 1.82) is 0 Å². The Balaban J connectivity index is 2.30. The fourth-order valence-corrected chi connectivity index (χ4v) is 2.25. The van der Waals surface area contributed by atoms with Gasteiger partial charge in [0, 0.05) is 15.6 Å². The second-order valence-electron chi connectivity index (χ2n) is 4.47. The Morgan fingerprint density at radius 2 is 1.86 bits per heavy atom. The molecular weight excluding hydrogens is 311 g/mol. The predicted octanol–water partition coefficient (Wildman–Crippen LogP) is 4.61. The van der Waals surface area contributed by atoms with Gasteiger partial charge < -0.3 is 10.2 Å². The first-order valence-corrected chi connectivity index (χ1v) is 6.84. The SMILES string of the molecule is Cc1c(O)ccc(C(=O)/C=C/c2ccc(Cl)cc2Cl)c1O. The van der Waals surface area contributed by atoms with Gasteiger partial charge in [0.15, 0.2) is 5.78 Å². The molecule has 3 nitrogen and oxygen atoms in total. The molecular formula is C16H12Cl2O3. The largest absolute Gasteiger partial charge is 0.508 e. The number of benzene rings is 2. The molecule has 0 aliphatic carbocycles. The molecule has 0 unspecified atom stereocenters. The van der Waals surface area contributed by atoms with Crippen LogP contribution in [0.25, 0.3) is 6.08 Å². The fraction of sp³-hybridized carbons (Fsp3) is 0.0625. The summed E-state index contributed by atoms with van der Waals surface area (Å²) in [6.07, 6.45) is 2.85. The van der Waals surface area contributed by atoms with E-state index in [1.54, 1.807) is 24.3 Å². The topological polar surface area (TPSA) is 57.5 Å². The van der Waals surface area contributed by atoms with Gasteiger partial charge in [0.05, 0.1) is 5.56 Å². The van der Waals surface area contributed by atoms with Crippen molar-refractivity contribution in [3.05, 3.63) is 63.1 Å². The average Bonchev–Trinajstić information content (AvgIpc) is 2.43. The molecule has 0 atom stereocenters. The lowest BCUT2D eigenvalue weighted by atomic mass is 10.0. The number of hydrogen-bond donors (Lipinski definition) is 2. The summed E-state index contributed by atoms with van der Waals surface area (Å²) in [5.41, 5.74) is 1.02. The maximum Gasteiger partial charge on any atom is 0.189 e. The van der Waals surface area contributed by atoms with Crippen LogP contribution in [-0.2, 0) is 0 Å². The van der Waals surface area contributed by atoms with Crippen LogP contribution in [0.1, 0.15) is 21.5 Å². The van der Waals surface area contributed by atoms with E-state index in [0.717, 1.165) is 0 Å². The van der Waals surface area contributed by atoms with Crippen molar-refractivity contribution in [2.45, 2.75) is 6.92 Å². The molecule has 2 N–H and O–H groups in total. The van der Waals surface area contributed by atoms with Crippen LogP contribution in [0.5, 0.6) is 11.5 Å². The maximum atomic E-state index is 12.1. The predicted molar refractivity (Wildman–Crippen MR) is 84.3 cm³/mol. The van der Waals surface area contributed by atoms with Crippen molar-refractivity contribution in [2.24, 2.45) is 0 Å². The summed E-state index contributed by atoms with van der Waals surface area (Å²) in [7, 11) is 0. The van der Waals surface area contributed by atoms with Crippen LogP contribution in [0, 0.1) is 6.92 Å². The summed E-state index contributed by atoms with van der Waals surface area (Å²) in [6, 6.07) is 7.67. The minimum absolute atomic E-state index is 0.0613. The molecule has 0 amide bonds. The van der Waals surface area contributed by atoms with E-state index in [9.17, 15) is 15.0 Å². The first-order valence-electron chi connectivity index (χ1n) is 6.09. The zero-order chi connectivity index (χ0) is 15.6. The number of hydrogen-bond acceptors (Lipinski definition) is 3. The van der Waals surface area contributed by atoms with Crippen molar-refractivity contribution in [1.82, 2.24) is 0 Å². The summed E-state index contributed by atoms with van der Waals surface area (Å²) >= 11 is 11.8. The molecule has 0 saturated heterocycles. The van der Waals surface area contributed by atoms with E-state index >= 15 is 0 Å². The first-order chi connectivity index (χ1) is 9.90. The van der Waals surface area contributed by atoms with Crippen molar-refractivity contribution in [3.63, 3.8) is 0 Å². The third-order valence-corrected chi connectivity index (χ3v) is 3.61. The zero-order valence-electron chi connectivity index (χ0n) is 11.1. The van der Waals surface area contributed by atoms with Gasteiger partial charge in [0.1, 0.15) is 11.5 Å². The number of allylic oxidation sites excluding steroid dienone is 1. The number of carbonyl (C=O) groups excluding carboxylic acids is 1. The first kappa shape index (κ1) is 15.4. The smallest absolute Gasteiger partial charge is 0.189 e. The summed E-state index contributed by atoms with van der Waals surface area (Å²) in [6.45, 7) is 1.53. The summed E-state index contributed by atoms with van der Waals surface area (Å²) in [5, 5.41) is 20.3. The van der Waals surface area contributed by atoms with Crippen molar-refractivity contribution in [2.75, 3.05) is 0 Å². The highest BCUT2D eigenvalue weighted by Crippen LogP contribution is 2.30. The highest BCUT2D eigenvalue weighted by atomic mass is 35.5. The summed E-state index contributed by atoms with van der Waals surface area (Å²) < 4.78 is 0. The molecule has 0 aliphatic heterocycles. The Morgan fingerprint density at radius 1 is 1.14 bits per heavy atom. The normalized spacial score (nSPS) is 11.0. The minimum Gasteiger partial charge on any atom is -0.508 e. The van der Waals surface area contributed by atoms with Crippen LogP contribution in [-0.4, -0.2) is 16.0 Å². The quantitative estimate of drug-likeness (QED) is 0.640. The highest BCUT2D eigenvalue weighted by molar-refractivity contribution is 6.35. The van der Waals surface area contributed by atoms with Crippen LogP contribution >= 0.6 is 23.2 Å². The van der Waals surface area contributed by atoms with Gasteiger partial charge in [-0.2, -0.15) is 0 Å². The molecule has 0 heterocycles. The maximum absolute atomic E-state index is 12.1. The van der Waals surface area contributed by atoms with E-state index in [1.807, 2.05) is 0 Å². The lowest BCUT2D eigenvalue weighted by Gasteiger charge is -2.06. The third-order valence-electron chi connectivity index (χ3n) is 3.04. The highest BCUT2D eigenvalue weighted by Gasteiger charge is 2.13. The van der Waals surface area contributed by atoms with Crippen LogP contribution < -0.4 is 0 Å². The fourth-order valence-electron chi connectivity index (χ4n) is 1.78. The van der Waals surface area contributed by atoms with E-state index in [2.05, 4.69) is 0 Å². The van der Waals surface area contributed by atoms with E-state index in [1.165, 1.54) is 25.1 Å². The van der Waals surface area contributed by atoms with Gasteiger partial charge in [-0.3, -0.25) is 4.79 Å². The van der Waals surface area contributed by atoms with E-state index in [0.29, 0.717) is 15.6 Å². The van der Waals surface area contributed by atoms with Gasteiger partial charge in [0.2, 0.25) is 0 Å². The van der Waals surface area contributed by atoms with Gasteiger partial charge in [0.25, 0.3) is 0 Å². The van der Waals surface area contributed by atoms with Crippen molar-refractivity contribution >= 4 is 35.1 Å². The molecule has 21 heavy (non-hydrogen) atoms. The molecule has 2 aromatic rings. The summed E-state index contributed by atoms with van der Waals surface area (Å²) in [4.78, 5) is 12.1. The molecule has 0 aliphatic rings. The van der Waals surface area contributed by atoms with Gasteiger partial charge in [-0.15, -0.1) is 0 Å². The van der Waals surface area contributed by atoms with E-state index in [-0.39, 0.29) is 28.4 Å². The molecule has 0 radical (unpaired) electrons. The molecule has 0 spiro atoms. The average molecular weight is 323 g/mol. The molecule has 0 bridgehead atoms. The van der Waals surface area contributed by atoms with Crippen molar-refractivity contribution in [3.8, 4) is 11.5 Å². The van der Waals surface area contributed by atoms with Gasteiger partial charge in [-0.1, -0.05) is 29.3 Å². The standard InChI is InChI=1S/C16H12Cl2O3/c1-9-14(19)7-5-12(16(9)21)15(20)6-3-10-2-4-11(17)8-13(10)18/h2-8,19,21H,1H3/b6-3+.